The van der Waals surface area contributed by atoms with E-state index >= 15 is 0 Å². The van der Waals surface area contributed by atoms with Crippen LogP contribution in [0, 0.1) is 0 Å². The fraction of sp³-hybridized carbons (Fsp3) is 0.692. The SMILES string of the molecule is Cn1ccc(C2CNCCN3CCCC23)c1. The van der Waals surface area contributed by atoms with Gasteiger partial charge in [-0.05, 0) is 31.0 Å². The van der Waals surface area contributed by atoms with Gasteiger partial charge in [0.15, 0.2) is 0 Å². The molecule has 3 rings (SSSR count). The lowest BCUT2D eigenvalue weighted by Gasteiger charge is -2.27. The van der Waals surface area contributed by atoms with Crippen molar-refractivity contribution in [2.75, 3.05) is 26.2 Å². The Hall–Kier alpha value is -0.800. The summed E-state index contributed by atoms with van der Waals surface area (Å²) >= 11 is 0. The lowest BCUT2D eigenvalue weighted by Crippen LogP contribution is -2.34. The van der Waals surface area contributed by atoms with Gasteiger partial charge in [-0.25, -0.2) is 0 Å². The molecule has 0 saturated carbocycles. The predicted octanol–water partition coefficient (Wildman–Crippen LogP) is 1.18. The summed E-state index contributed by atoms with van der Waals surface area (Å²) < 4.78 is 2.17. The molecule has 0 radical (unpaired) electrons. The molecule has 2 aliphatic rings. The van der Waals surface area contributed by atoms with Crippen molar-refractivity contribution in [1.29, 1.82) is 0 Å². The van der Waals surface area contributed by atoms with Crippen LogP contribution in [-0.4, -0.2) is 41.7 Å². The Morgan fingerprint density at radius 2 is 2.31 bits per heavy atom. The van der Waals surface area contributed by atoms with Crippen molar-refractivity contribution in [3.05, 3.63) is 24.0 Å². The van der Waals surface area contributed by atoms with Gasteiger partial charge in [-0.2, -0.15) is 0 Å². The van der Waals surface area contributed by atoms with Gasteiger partial charge in [-0.3, -0.25) is 4.90 Å². The minimum atomic E-state index is 0.686. The fourth-order valence-electron chi connectivity index (χ4n) is 3.29. The highest BCUT2D eigenvalue weighted by atomic mass is 15.2. The minimum absolute atomic E-state index is 0.686. The molecule has 0 aromatic carbocycles. The summed E-state index contributed by atoms with van der Waals surface area (Å²) in [4.78, 5) is 2.68. The van der Waals surface area contributed by atoms with Crippen LogP contribution in [0.25, 0.3) is 0 Å². The first-order valence-electron chi connectivity index (χ1n) is 6.41. The first kappa shape index (κ1) is 10.4. The average Bonchev–Trinajstić information content (AvgIpc) is 2.85. The monoisotopic (exact) mass is 219 g/mol. The molecule has 2 unspecified atom stereocenters. The van der Waals surface area contributed by atoms with Crippen molar-refractivity contribution in [2.24, 2.45) is 7.05 Å². The number of aryl methyl sites for hydroxylation is 1. The van der Waals surface area contributed by atoms with E-state index in [1.54, 1.807) is 0 Å². The van der Waals surface area contributed by atoms with Crippen LogP contribution in [0.15, 0.2) is 18.5 Å². The summed E-state index contributed by atoms with van der Waals surface area (Å²) in [6, 6.07) is 3.06. The van der Waals surface area contributed by atoms with Crippen LogP contribution in [-0.2, 0) is 7.05 Å². The van der Waals surface area contributed by atoms with E-state index in [1.165, 1.54) is 31.5 Å². The van der Waals surface area contributed by atoms with Gasteiger partial charge in [-0.15, -0.1) is 0 Å². The van der Waals surface area contributed by atoms with Crippen LogP contribution in [0.5, 0.6) is 0 Å². The molecular formula is C13H21N3. The molecule has 16 heavy (non-hydrogen) atoms. The molecule has 3 heteroatoms. The molecular weight excluding hydrogens is 198 g/mol. The second-order valence-electron chi connectivity index (χ2n) is 5.17. The van der Waals surface area contributed by atoms with Crippen LogP contribution < -0.4 is 5.32 Å². The van der Waals surface area contributed by atoms with Gasteiger partial charge in [0.1, 0.15) is 0 Å². The predicted molar refractivity (Wildman–Crippen MR) is 65.6 cm³/mol. The van der Waals surface area contributed by atoms with E-state index in [2.05, 4.69) is 40.3 Å². The first-order valence-corrected chi connectivity index (χ1v) is 6.41. The molecule has 1 N–H and O–H groups in total. The third-order valence-corrected chi connectivity index (χ3v) is 4.10. The number of nitrogens with zero attached hydrogens (tertiary/aromatic N) is 2. The normalized spacial score (nSPS) is 31.3. The van der Waals surface area contributed by atoms with Gasteiger partial charge in [0.25, 0.3) is 0 Å². The topological polar surface area (TPSA) is 20.2 Å². The number of fused-ring (bicyclic) bond motifs is 1. The number of rotatable bonds is 1. The van der Waals surface area contributed by atoms with Crippen molar-refractivity contribution in [3.63, 3.8) is 0 Å². The Morgan fingerprint density at radius 3 is 3.12 bits per heavy atom. The largest absolute Gasteiger partial charge is 0.357 e. The minimum Gasteiger partial charge on any atom is -0.357 e. The van der Waals surface area contributed by atoms with Gasteiger partial charge < -0.3 is 9.88 Å². The third kappa shape index (κ3) is 1.78. The molecule has 1 aromatic rings. The zero-order valence-electron chi connectivity index (χ0n) is 10.0. The number of nitrogens with one attached hydrogen (secondary N) is 1. The molecule has 3 nitrogen and oxygen atoms in total. The van der Waals surface area contributed by atoms with E-state index < -0.39 is 0 Å². The van der Waals surface area contributed by atoms with E-state index in [-0.39, 0.29) is 0 Å². The molecule has 0 bridgehead atoms. The third-order valence-electron chi connectivity index (χ3n) is 4.10. The summed E-state index contributed by atoms with van der Waals surface area (Å²) in [5, 5.41) is 3.58. The van der Waals surface area contributed by atoms with Crippen LogP contribution in [0.3, 0.4) is 0 Å². The summed E-state index contributed by atoms with van der Waals surface area (Å²) in [5.41, 5.74) is 1.51. The van der Waals surface area contributed by atoms with Crippen LogP contribution in [0.4, 0.5) is 0 Å². The van der Waals surface area contributed by atoms with Crippen molar-refractivity contribution in [1.82, 2.24) is 14.8 Å². The lowest BCUT2D eigenvalue weighted by atomic mass is 9.92. The summed E-state index contributed by atoms with van der Waals surface area (Å²) in [6.45, 7) is 4.83. The maximum absolute atomic E-state index is 3.58. The summed E-state index contributed by atoms with van der Waals surface area (Å²) in [5.74, 6) is 0.686. The van der Waals surface area contributed by atoms with Crippen molar-refractivity contribution in [3.8, 4) is 0 Å². The maximum Gasteiger partial charge on any atom is 0.0178 e. The fourth-order valence-corrected chi connectivity index (χ4v) is 3.29. The molecule has 0 aliphatic carbocycles. The molecule has 2 aliphatic heterocycles. The van der Waals surface area contributed by atoms with Gasteiger partial charge >= 0.3 is 0 Å². The highest BCUT2D eigenvalue weighted by Crippen LogP contribution is 2.31. The van der Waals surface area contributed by atoms with E-state index in [4.69, 9.17) is 0 Å². The van der Waals surface area contributed by atoms with Gasteiger partial charge in [0, 0.05) is 51.0 Å². The highest BCUT2D eigenvalue weighted by molar-refractivity contribution is 5.20. The molecule has 88 valence electrons. The molecule has 0 spiro atoms. The number of aromatic nitrogens is 1. The van der Waals surface area contributed by atoms with E-state index in [0.29, 0.717) is 5.92 Å². The van der Waals surface area contributed by atoms with E-state index in [9.17, 15) is 0 Å². The van der Waals surface area contributed by atoms with Crippen molar-refractivity contribution >= 4 is 0 Å². The quantitative estimate of drug-likeness (QED) is 0.765. The molecule has 0 amide bonds. The van der Waals surface area contributed by atoms with Gasteiger partial charge in [-0.1, -0.05) is 0 Å². The van der Waals surface area contributed by atoms with Crippen molar-refractivity contribution in [2.45, 2.75) is 24.8 Å². The average molecular weight is 219 g/mol. The van der Waals surface area contributed by atoms with Gasteiger partial charge in [0.2, 0.25) is 0 Å². The first-order chi connectivity index (χ1) is 7.84. The molecule has 2 fully saturated rings. The number of hydrogen-bond donors (Lipinski definition) is 1. The Morgan fingerprint density at radius 1 is 1.38 bits per heavy atom. The second-order valence-corrected chi connectivity index (χ2v) is 5.17. The maximum atomic E-state index is 3.58. The lowest BCUT2D eigenvalue weighted by molar-refractivity contribution is 0.249. The molecule has 2 saturated heterocycles. The summed E-state index contributed by atoms with van der Waals surface area (Å²) in [7, 11) is 2.11. The van der Waals surface area contributed by atoms with Crippen LogP contribution in [0.2, 0.25) is 0 Å². The van der Waals surface area contributed by atoms with Gasteiger partial charge in [0.05, 0.1) is 0 Å². The van der Waals surface area contributed by atoms with Crippen LogP contribution in [0.1, 0.15) is 24.3 Å². The van der Waals surface area contributed by atoms with Crippen LogP contribution >= 0.6 is 0 Å². The molecule has 3 heterocycles. The second kappa shape index (κ2) is 4.22. The Labute approximate surface area is 97.4 Å². The number of hydrogen-bond acceptors (Lipinski definition) is 2. The Bertz CT molecular complexity index is 358. The Kier molecular flexibility index (Phi) is 2.74. The van der Waals surface area contributed by atoms with Crippen molar-refractivity contribution < 1.29 is 0 Å². The summed E-state index contributed by atoms with van der Waals surface area (Å²) in [6.07, 6.45) is 7.21. The van der Waals surface area contributed by atoms with E-state index in [1.807, 2.05) is 0 Å². The zero-order chi connectivity index (χ0) is 11.0. The zero-order valence-corrected chi connectivity index (χ0v) is 10.0. The molecule has 1 aromatic heterocycles. The Balaban J connectivity index is 1.86. The smallest absolute Gasteiger partial charge is 0.0178 e. The molecule has 2 atom stereocenters. The highest BCUT2D eigenvalue weighted by Gasteiger charge is 2.34. The standard InChI is InChI=1S/C13H21N3/c1-15-7-4-11(10-15)12-9-14-5-8-16-6-2-3-13(12)16/h4,7,10,12-14H,2-3,5-6,8-9H2,1H3. The van der Waals surface area contributed by atoms with E-state index in [0.717, 1.165) is 19.1 Å².